The van der Waals surface area contributed by atoms with Crippen LogP contribution in [0.3, 0.4) is 0 Å². The van der Waals surface area contributed by atoms with Crippen LogP contribution < -0.4 is 4.90 Å². The largest absolute Gasteiger partial charge is 0.380 e. The van der Waals surface area contributed by atoms with Crippen molar-refractivity contribution in [3.05, 3.63) is 17.0 Å². The number of carbonyl (C=O) groups excluding carboxylic acids is 1. The summed E-state index contributed by atoms with van der Waals surface area (Å²) in [5, 5.41) is 1.23. The predicted octanol–water partition coefficient (Wildman–Crippen LogP) is 3.64. The summed E-state index contributed by atoms with van der Waals surface area (Å²) < 4.78 is 7.87. The van der Waals surface area contributed by atoms with E-state index in [-0.39, 0.29) is 0 Å². The van der Waals surface area contributed by atoms with Gasteiger partial charge in [0, 0.05) is 29.6 Å². The molecule has 0 bridgehead atoms. The Morgan fingerprint density at radius 2 is 2.06 bits per heavy atom. The molecule has 2 aromatic heterocycles. The van der Waals surface area contributed by atoms with Gasteiger partial charge in [0.05, 0.1) is 16.5 Å². The van der Waals surface area contributed by atoms with Crippen LogP contribution in [0, 0.1) is 0 Å². The topological polar surface area (TPSA) is 29.5 Å². The highest BCUT2D eigenvalue weighted by atomic mass is 32.1. The number of carbonyl (C=O) groups is 1. The Morgan fingerprint density at radius 1 is 1.28 bits per heavy atom. The van der Waals surface area contributed by atoms with Crippen LogP contribution in [0.25, 0.3) is 9.40 Å². The van der Waals surface area contributed by atoms with Crippen LogP contribution in [-0.2, 0) is 4.74 Å². The van der Waals surface area contributed by atoms with Gasteiger partial charge in [0.25, 0.3) is 0 Å². The molecule has 0 atom stereocenters. The summed E-state index contributed by atoms with van der Waals surface area (Å²) in [4.78, 5) is 13.7. The minimum Gasteiger partial charge on any atom is -0.380 e. The molecule has 0 fully saturated rings. The molecule has 0 aliphatic carbocycles. The summed E-state index contributed by atoms with van der Waals surface area (Å²) in [5.41, 5.74) is 0. The minimum atomic E-state index is 0.759. The highest BCUT2D eigenvalue weighted by Gasteiger charge is 2.09. The van der Waals surface area contributed by atoms with Gasteiger partial charge in [-0.2, -0.15) is 0 Å². The zero-order valence-electron chi connectivity index (χ0n) is 10.6. The second kappa shape index (κ2) is 6.31. The number of anilines is 1. The fourth-order valence-corrected chi connectivity index (χ4v) is 3.85. The number of likely N-dealkylation sites (N-methyl/N-ethyl adjacent to an activating group) is 1. The maximum Gasteiger partial charge on any atom is 0.160 e. The van der Waals surface area contributed by atoms with Crippen molar-refractivity contribution in [3.8, 4) is 0 Å². The second-order valence-electron chi connectivity index (χ2n) is 4.11. The van der Waals surface area contributed by atoms with E-state index >= 15 is 0 Å². The van der Waals surface area contributed by atoms with Crippen LogP contribution in [0.4, 0.5) is 5.00 Å². The van der Waals surface area contributed by atoms with Crippen molar-refractivity contribution in [2.24, 2.45) is 0 Å². The molecule has 5 heteroatoms. The molecule has 3 nitrogen and oxygen atoms in total. The van der Waals surface area contributed by atoms with Crippen LogP contribution in [0.1, 0.15) is 23.0 Å². The number of aldehydes is 1. The number of hydrogen-bond acceptors (Lipinski definition) is 5. The van der Waals surface area contributed by atoms with E-state index in [0.717, 1.165) is 37.3 Å². The average molecular weight is 283 g/mol. The first kappa shape index (κ1) is 13.5. The smallest absolute Gasteiger partial charge is 0.160 e. The third-order valence-electron chi connectivity index (χ3n) is 2.62. The summed E-state index contributed by atoms with van der Waals surface area (Å²) in [5.74, 6) is 0. The molecule has 2 rings (SSSR count). The SMILES string of the molecule is CCCOCCN(C)c1cc2sc(C=O)cc2s1. The van der Waals surface area contributed by atoms with Gasteiger partial charge in [0.2, 0.25) is 0 Å². The molecule has 0 saturated heterocycles. The number of nitrogens with zero attached hydrogens (tertiary/aromatic N) is 1. The highest BCUT2D eigenvalue weighted by Crippen LogP contribution is 2.36. The number of thiophene rings is 2. The molecule has 0 aliphatic heterocycles. The lowest BCUT2D eigenvalue weighted by molar-refractivity contribution is 0.112. The average Bonchev–Trinajstić information content (AvgIpc) is 2.91. The summed E-state index contributed by atoms with van der Waals surface area (Å²) in [6.45, 7) is 4.60. The van der Waals surface area contributed by atoms with Crippen molar-refractivity contribution >= 4 is 43.4 Å². The van der Waals surface area contributed by atoms with Crippen LogP contribution in [0.5, 0.6) is 0 Å². The number of fused-ring (bicyclic) bond motifs is 1. The zero-order valence-corrected chi connectivity index (χ0v) is 12.3. The van der Waals surface area contributed by atoms with E-state index < -0.39 is 0 Å². The third-order valence-corrected chi connectivity index (χ3v) is 4.96. The van der Waals surface area contributed by atoms with Crippen molar-refractivity contribution < 1.29 is 9.53 Å². The van der Waals surface area contributed by atoms with Gasteiger partial charge in [0.15, 0.2) is 6.29 Å². The maximum atomic E-state index is 10.7. The molecule has 0 N–H and O–H groups in total. The fraction of sp³-hybridized carbons (Fsp3) is 0.462. The van der Waals surface area contributed by atoms with Crippen molar-refractivity contribution in [2.45, 2.75) is 13.3 Å². The molecule has 2 aromatic rings. The fourth-order valence-electron chi connectivity index (χ4n) is 1.65. The molecule has 0 aromatic carbocycles. The van der Waals surface area contributed by atoms with E-state index in [1.807, 2.05) is 6.07 Å². The maximum absolute atomic E-state index is 10.7. The van der Waals surface area contributed by atoms with E-state index in [1.165, 1.54) is 14.4 Å². The molecule has 0 aliphatic rings. The highest BCUT2D eigenvalue weighted by molar-refractivity contribution is 7.30. The van der Waals surface area contributed by atoms with Gasteiger partial charge in [-0.1, -0.05) is 6.92 Å². The van der Waals surface area contributed by atoms with E-state index in [4.69, 9.17) is 4.74 Å². The molecule has 18 heavy (non-hydrogen) atoms. The Bertz CT molecular complexity index is 487. The molecule has 0 amide bonds. The van der Waals surface area contributed by atoms with Crippen LogP contribution in [-0.4, -0.2) is 33.1 Å². The molecule has 0 radical (unpaired) electrons. The first-order valence-corrected chi connectivity index (χ1v) is 7.65. The van der Waals surface area contributed by atoms with Gasteiger partial charge >= 0.3 is 0 Å². The van der Waals surface area contributed by atoms with E-state index in [2.05, 4.69) is 24.9 Å². The second-order valence-corrected chi connectivity index (χ2v) is 6.29. The zero-order chi connectivity index (χ0) is 13.0. The van der Waals surface area contributed by atoms with Crippen LogP contribution in [0.2, 0.25) is 0 Å². The summed E-state index contributed by atoms with van der Waals surface area (Å²) >= 11 is 3.28. The molecule has 0 saturated carbocycles. The van der Waals surface area contributed by atoms with E-state index in [1.54, 1.807) is 22.7 Å². The van der Waals surface area contributed by atoms with Gasteiger partial charge < -0.3 is 9.64 Å². The van der Waals surface area contributed by atoms with Gasteiger partial charge in [-0.05, 0) is 18.6 Å². The standard InChI is InChI=1S/C13H17NO2S2/c1-3-5-16-6-4-14(2)13-8-12-11(18-13)7-10(9-15)17-12/h7-9H,3-6H2,1-2H3. The van der Waals surface area contributed by atoms with Crippen molar-refractivity contribution in [3.63, 3.8) is 0 Å². The normalized spacial score (nSPS) is 11.0. The summed E-state index contributed by atoms with van der Waals surface area (Å²) in [7, 11) is 2.07. The Kier molecular flexibility index (Phi) is 4.74. The number of ether oxygens (including phenoxy) is 1. The van der Waals surface area contributed by atoms with Crippen LogP contribution >= 0.6 is 22.7 Å². The summed E-state index contributed by atoms with van der Waals surface area (Å²) in [6.07, 6.45) is 1.98. The predicted molar refractivity (Wildman–Crippen MR) is 79.5 cm³/mol. The lowest BCUT2D eigenvalue weighted by Gasteiger charge is -2.16. The lowest BCUT2D eigenvalue weighted by atomic mass is 10.4. The van der Waals surface area contributed by atoms with Crippen molar-refractivity contribution in [1.82, 2.24) is 0 Å². The Labute approximate surface area is 115 Å². The van der Waals surface area contributed by atoms with Gasteiger partial charge in [-0.15, -0.1) is 22.7 Å². The first-order valence-electron chi connectivity index (χ1n) is 6.02. The van der Waals surface area contributed by atoms with E-state index in [9.17, 15) is 4.79 Å². The quantitative estimate of drug-likeness (QED) is 0.574. The Balaban J connectivity index is 1.97. The van der Waals surface area contributed by atoms with E-state index in [0.29, 0.717) is 0 Å². The van der Waals surface area contributed by atoms with Crippen molar-refractivity contribution in [1.29, 1.82) is 0 Å². The number of hydrogen-bond donors (Lipinski definition) is 0. The molecule has 2 heterocycles. The van der Waals surface area contributed by atoms with Crippen LogP contribution in [0.15, 0.2) is 12.1 Å². The summed E-state index contributed by atoms with van der Waals surface area (Å²) in [6, 6.07) is 4.11. The minimum absolute atomic E-state index is 0.759. The first-order chi connectivity index (χ1) is 8.74. The monoisotopic (exact) mass is 283 g/mol. The molecule has 98 valence electrons. The van der Waals surface area contributed by atoms with Gasteiger partial charge in [-0.25, -0.2) is 0 Å². The molecular weight excluding hydrogens is 266 g/mol. The molecular formula is C13H17NO2S2. The van der Waals surface area contributed by atoms with Gasteiger partial charge in [0.1, 0.15) is 0 Å². The Morgan fingerprint density at radius 3 is 2.72 bits per heavy atom. The van der Waals surface area contributed by atoms with Crippen molar-refractivity contribution in [2.75, 3.05) is 31.7 Å². The molecule has 0 spiro atoms. The lowest BCUT2D eigenvalue weighted by Crippen LogP contribution is -2.21. The number of rotatable bonds is 7. The third kappa shape index (κ3) is 3.10. The molecule has 0 unspecified atom stereocenters. The Hall–Kier alpha value is -0.910. The van der Waals surface area contributed by atoms with Gasteiger partial charge in [-0.3, -0.25) is 4.79 Å².